The zero-order chi connectivity index (χ0) is 14.6. The monoisotopic (exact) mass is 315 g/mol. The Hall–Kier alpha value is -0.930. The Kier molecular flexibility index (Phi) is 12.2. The van der Waals surface area contributed by atoms with Crippen LogP contribution in [0, 0.1) is 0 Å². The second kappa shape index (κ2) is 12.8. The van der Waals surface area contributed by atoms with E-state index in [1.54, 1.807) is 14.2 Å². The molecule has 1 N–H and O–H groups in total. The molecule has 0 atom stereocenters. The first-order valence-corrected chi connectivity index (χ1v) is 7.73. The topological polar surface area (TPSA) is 30.5 Å². The zero-order valence-corrected chi connectivity index (χ0v) is 14.4. The molecule has 21 heavy (non-hydrogen) atoms. The van der Waals surface area contributed by atoms with Crippen LogP contribution in [0.2, 0.25) is 0 Å². The maximum atomic E-state index is 5.31. The maximum absolute atomic E-state index is 5.31. The molecule has 0 bridgehead atoms. The minimum absolute atomic E-state index is 0. The number of rotatable bonds is 11. The summed E-state index contributed by atoms with van der Waals surface area (Å²) >= 11 is 0. The van der Waals surface area contributed by atoms with Gasteiger partial charge in [0.25, 0.3) is 0 Å². The first kappa shape index (κ1) is 20.1. The second-order valence-electron chi connectivity index (χ2n) is 5.13. The molecule has 0 spiro atoms. The molecule has 0 saturated heterocycles. The molecule has 0 aliphatic carbocycles. The van der Waals surface area contributed by atoms with Crippen molar-refractivity contribution >= 4 is 12.4 Å². The van der Waals surface area contributed by atoms with Crippen molar-refractivity contribution in [3.05, 3.63) is 23.8 Å². The number of hydrogen-bond donors (Lipinski definition) is 1. The van der Waals surface area contributed by atoms with Gasteiger partial charge in [-0.15, -0.1) is 12.4 Å². The van der Waals surface area contributed by atoms with Gasteiger partial charge < -0.3 is 14.8 Å². The average molecular weight is 316 g/mol. The summed E-state index contributed by atoms with van der Waals surface area (Å²) in [5.41, 5.74) is 1.23. The highest BCUT2D eigenvalue weighted by Gasteiger charge is 2.03. The number of benzene rings is 1. The quantitative estimate of drug-likeness (QED) is 0.606. The van der Waals surface area contributed by atoms with Gasteiger partial charge in [0.2, 0.25) is 0 Å². The highest BCUT2D eigenvalue weighted by Crippen LogP contribution is 2.27. The summed E-state index contributed by atoms with van der Waals surface area (Å²) in [5.74, 6) is 1.58. The SMILES string of the molecule is CCCCCCCCNCc1ccc(OC)c(OC)c1.Cl. The van der Waals surface area contributed by atoms with E-state index in [-0.39, 0.29) is 12.4 Å². The Morgan fingerprint density at radius 2 is 1.57 bits per heavy atom. The molecule has 1 aromatic rings. The van der Waals surface area contributed by atoms with Crippen LogP contribution in [0.1, 0.15) is 51.0 Å². The van der Waals surface area contributed by atoms with E-state index in [1.165, 1.54) is 44.1 Å². The Balaban J connectivity index is 0.00000400. The van der Waals surface area contributed by atoms with Gasteiger partial charge in [-0.3, -0.25) is 0 Å². The van der Waals surface area contributed by atoms with E-state index in [1.807, 2.05) is 12.1 Å². The molecule has 0 aliphatic heterocycles. The first-order valence-electron chi connectivity index (χ1n) is 7.73. The minimum atomic E-state index is 0. The fraction of sp³-hybridized carbons (Fsp3) is 0.647. The first-order chi connectivity index (χ1) is 9.81. The van der Waals surface area contributed by atoms with Gasteiger partial charge >= 0.3 is 0 Å². The largest absolute Gasteiger partial charge is 0.493 e. The van der Waals surface area contributed by atoms with Gasteiger partial charge in [0, 0.05) is 6.54 Å². The molecule has 0 aromatic heterocycles. The standard InChI is InChI=1S/C17H29NO2.ClH/c1-4-5-6-7-8-9-12-18-14-15-10-11-16(19-2)17(13-15)20-3;/h10-11,13,18H,4-9,12,14H2,1-3H3;1H. The molecule has 0 unspecified atom stereocenters. The molecular weight excluding hydrogens is 286 g/mol. The van der Waals surface area contributed by atoms with Crippen molar-refractivity contribution in [1.82, 2.24) is 5.32 Å². The molecule has 3 nitrogen and oxygen atoms in total. The summed E-state index contributed by atoms with van der Waals surface area (Å²) in [5, 5.41) is 3.48. The summed E-state index contributed by atoms with van der Waals surface area (Å²) in [4.78, 5) is 0. The van der Waals surface area contributed by atoms with Gasteiger partial charge in [-0.2, -0.15) is 0 Å². The number of methoxy groups -OCH3 is 2. The summed E-state index contributed by atoms with van der Waals surface area (Å²) < 4.78 is 10.5. The Morgan fingerprint density at radius 1 is 0.905 bits per heavy atom. The second-order valence-corrected chi connectivity index (χ2v) is 5.13. The van der Waals surface area contributed by atoms with Crippen LogP contribution in [0.25, 0.3) is 0 Å². The highest BCUT2D eigenvalue weighted by molar-refractivity contribution is 5.85. The lowest BCUT2D eigenvalue weighted by molar-refractivity contribution is 0.354. The predicted molar refractivity (Wildman–Crippen MR) is 91.9 cm³/mol. The van der Waals surface area contributed by atoms with E-state index in [2.05, 4.69) is 18.3 Å². The fourth-order valence-corrected chi connectivity index (χ4v) is 2.25. The molecule has 0 aliphatic rings. The van der Waals surface area contributed by atoms with E-state index in [0.29, 0.717) is 0 Å². The lowest BCUT2D eigenvalue weighted by Gasteiger charge is -2.10. The highest BCUT2D eigenvalue weighted by atomic mass is 35.5. The molecule has 0 heterocycles. The van der Waals surface area contributed by atoms with Crippen LogP contribution in [0.15, 0.2) is 18.2 Å². The molecule has 1 aromatic carbocycles. The van der Waals surface area contributed by atoms with Gasteiger partial charge in [-0.25, -0.2) is 0 Å². The molecule has 4 heteroatoms. The van der Waals surface area contributed by atoms with E-state index >= 15 is 0 Å². The van der Waals surface area contributed by atoms with Crippen molar-refractivity contribution < 1.29 is 9.47 Å². The Morgan fingerprint density at radius 3 is 2.24 bits per heavy atom. The van der Waals surface area contributed by atoms with Gasteiger partial charge in [-0.1, -0.05) is 45.1 Å². The summed E-state index contributed by atoms with van der Waals surface area (Å²) in [6.45, 7) is 4.22. The Bertz CT molecular complexity index is 372. The van der Waals surface area contributed by atoms with Crippen LogP contribution in [-0.2, 0) is 6.54 Å². The van der Waals surface area contributed by atoms with Crippen molar-refractivity contribution in [2.24, 2.45) is 0 Å². The minimum Gasteiger partial charge on any atom is -0.493 e. The lowest BCUT2D eigenvalue weighted by Crippen LogP contribution is -2.14. The van der Waals surface area contributed by atoms with Gasteiger partial charge in [0.1, 0.15) is 0 Å². The lowest BCUT2D eigenvalue weighted by atomic mass is 10.1. The molecule has 0 amide bonds. The van der Waals surface area contributed by atoms with Crippen LogP contribution in [0.5, 0.6) is 11.5 Å². The maximum Gasteiger partial charge on any atom is 0.161 e. The van der Waals surface area contributed by atoms with Crippen LogP contribution in [0.4, 0.5) is 0 Å². The van der Waals surface area contributed by atoms with E-state index in [0.717, 1.165) is 24.6 Å². The molecule has 1 rings (SSSR count). The average Bonchev–Trinajstić information content (AvgIpc) is 2.49. The van der Waals surface area contributed by atoms with E-state index in [9.17, 15) is 0 Å². The predicted octanol–water partition coefficient (Wildman–Crippen LogP) is 4.58. The van der Waals surface area contributed by atoms with Crippen molar-refractivity contribution in [2.45, 2.75) is 52.0 Å². The molecular formula is C17H30ClNO2. The van der Waals surface area contributed by atoms with Crippen LogP contribution in [0.3, 0.4) is 0 Å². The van der Waals surface area contributed by atoms with Crippen LogP contribution in [-0.4, -0.2) is 20.8 Å². The van der Waals surface area contributed by atoms with Crippen molar-refractivity contribution in [3.63, 3.8) is 0 Å². The van der Waals surface area contributed by atoms with Gasteiger partial charge in [0.05, 0.1) is 14.2 Å². The van der Waals surface area contributed by atoms with Crippen molar-refractivity contribution in [1.29, 1.82) is 0 Å². The van der Waals surface area contributed by atoms with Crippen LogP contribution < -0.4 is 14.8 Å². The summed E-state index contributed by atoms with van der Waals surface area (Å²) in [7, 11) is 3.33. The van der Waals surface area contributed by atoms with Crippen molar-refractivity contribution in [3.8, 4) is 11.5 Å². The molecule has 0 fully saturated rings. The third kappa shape index (κ3) is 8.18. The molecule has 0 saturated carbocycles. The number of hydrogen-bond acceptors (Lipinski definition) is 3. The van der Waals surface area contributed by atoms with E-state index in [4.69, 9.17) is 9.47 Å². The number of ether oxygens (including phenoxy) is 2. The molecule has 0 radical (unpaired) electrons. The third-order valence-electron chi connectivity index (χ3n) is 3.48. The normalized spacial score (nSPS) is 10.0. The van der Waals surface area contributed by atoms with E-state index < -0.39 is 0 Å². The van der Waals surface area contributed by atoms with Crippen LogP contribution >= 0.6 is 12.4 Å². The third-order valence-corrected chi connectivity index (χ3v) is 3.48. The number of nitrogens with one attached hydrogen (secondary N) is 1. The van der Waals surface area contributed by atoms with Gasteiger partial charge in [0.15, 0.2) is 11.5 Å². The number of unbranched alkanes of at least 4 members (excludes halogenated alkanes) is 5. The van der Waals surface area contributed by atoms with Crippen molar-refractivity contribution in [2.75, 3.05) is 20.8 Å². The summed E-state index contributed by atoms with van der Waals surface area (Å²) in [6.07, 6.45) is 8.03. The number of halogens is 1. The zero-order valence-electron chi connectivity index (χ0n) is 13.6. The van der Waals surface area contributed by atoms with Gasteiger partial charge in [-0.05, 0) is 30.7 Å². The smallest absolute Gasteiger partial charge is 0.161 e. The Labute approximate surface area is 135 Å². The summed E-state index contributed by atoms with van der Waals surface area (Å²) in [6, 6.07) is 6.07. The fourth-order valence-electron chi connectivity index (χ4n) is 2.25. The molecule has 122 valence electrons.